The van der Waals surface area contributed by atoms with Crippen molar-refractivity contribution in [1.29, 1.82) is 0 Å². The van der Waals surface area contributed by atoms with E-state index in [4.69, 9.17) is 9.47 Å². The Morgan fingerprint density at radius 2 is 1.84 bits per heavy atom. The van der Waals surface area contributed by atoms with E-state index in [-0.39, 0.29) is 45.6 Å². The number of carbonyl (C=O) groups excluding carboxylic acids is 6. The number of benzene rings is 1. The van der Waals surface area contributed by atoms with Gasteiger partial charge in [0.15, 0.2) is 0 Å². The van der Waals surface area contributed by atoms with Gasteiger partial charge < -0.3 is 29.9 Å². The predicted octanol–water partition coefficient (Wildman–Crippen LogP) is 1.99. The van der Waals surface area contributed by atoms with Gasteiger partial charge in [-0.15, -0.1) is 0 Å². The topological polar surface area (TPSA) is 201 Å². The molecule has 0 bridgehead atoms. The van der Waals surface area contributed by atoms with Gasteiger partial charge in [-0.25, -0.2) is 22.4 Å². The molecule has 3 fully saturated rings. The maximum Gasteiger partial charge on any atom is 0.410 e. The second-order valence-corrected chi connectivity index (χ2v) is 17.6. The molecule has 1 saturated heterocycles. The van der Waals surface area contributed by atoms with Crippen LogP contribution in [0.2, 0.25) is 0 Å². The summed E-state index contributed by atoms with van der Waals surface area (Å²) in [6, 6.07) is 1.71. The van der Waals surface area contributed by atoms with E-state index in [1.54, 1.807) is 39.0 Å². The van der Waals surface area contributed by atoms with Gasteiger partial charge in [0.2, 0.25) is 27.7 Å². The molecule has 1 aromatic carbocycles. The SMILES string of the molecule is C=CC(=O)N1CCCC=C[C@@H]2C[C@@]2(C(=O)NS(=O)(=O)C2CC2)NC(=O)[C@@H]2CC(OC(=O)N3Cc4cccc(F)c4C3)CN2C(=O)[C@@H](NC(=O)OC(C)(C)C)C1. The van der Waals surface area contributed by atoms with Crippen molar-refractivity contribution < 1.29 is 51.0 Å². The lowest BCUT2D eigenvalue weighted by atomic mass is 10.1. The number of rotatable bonds is 6. The molecule has 18 heteroatoms. The summed E-state index contributed by atoms with van der Waals surface area (Å²) in [5.74, 6) is -4.10. The molecule has 0 radical (unpaired) electrons. The van der Waals surface area contributed by atoms with E-state index >= 15 is 0 Å². The van der Waals surface area contributed by atoms with Crippen LogP contribution in [0.3, 0.4) is 0 Å². The van der Waals surface area contributed by atoms with Crippen molar-refractivity contribution in [2.75, 3.05) is 19.6 Å². The third-order valence-electron chi connectivity index (χ3n) is 10.3. The van der Waals surface area contributed by atoms with Crippen LogP contribution >= 0.6 is 0 Å². The average Bonchev–Trinajstić information content (AvgIpc) is 3.99. The summed E-state index contributed by atoms with van der Waals surface area (Å²) in [5, 5.41) is 4.58. The highest BCUT2D eigenvalue weighted by Crippen LogP contribution is 2.46. The van der Waals surface area contributed by atoms with E-state index < -0.39 is 92.2 Å². The number of hydrogen-bond donors (Lipinski definition) is 3. The monoisotopic (exact) mass is 786 g/mol. The Labute approximate surface area is 318 Å². The zero-order chi connectivity index (χ0) is 39.9. The molecule has 1 unspecified atom stereocenters. The Balaban J connectivity index is 1.31. The number of amides is 6. The fourth-order valence-electron chi connectivity index (χ4n) is 7.21. The molecular formula is C37H47FN6O10S. The van der Waals surface area contributed by atoms with Crippen LogP contribution in [-0.4, -0.2) is 113 Å². The van der Waals surface area contributed by atoms with E-state index in [1.807, 2.05) is 0 Å². The molecule has 3 aliphatic heterocycles. The van der Waals surface area contributed by atoms with E-state index in [0.29, 0.717) is 36.8 Å². The molecule has 0 spiro atoms. The third-order valence-corrected chi connectivity index (χ3v) is 12.1. The number of ether oxygens (including phenoxy) is 2. The van der Waals surface area contributed by atoms with Crippen molar-refractivity contribution in [3.8, 4) is 0 Å². The molecule has 5 atom stereocenters. The second-order valence-electron chi connectivity index (χ2n) is 15.7. The van der Waals surface area contributed by atoms with Crippen LogP contribution in [0.1, 0.15) is 70.4 Å². The normalized spacial score (nSPS) is 27.0. The second kappa shape index (κ2) is 15.3. The Kier molecular flexibility index (Phi) is 11.0. The molecule has 1 aromatic rings. The highest BCUT2D eigenvalue weighted by molar-refractivity contribution is 7.91. The standard InChI is InChI=1S/C37H47FN6O10S/c1-5-30(45)42-15-8-6-7-11-23-17-37(23,33(48)41-55(51,52)25-13-14-25)40-31(46)29-16-24(53-35(50)43-18-22-10-9-12-27(38)26(22)20-43)19-44(29)32(47)28(21-42)39-34(49)54-36(2,3)4/h5,7,9-12,23-25,28-29H,1,6,8,13-21H2,2-4H3,(H,39,49)(H,40,46)(H,41,48)/t23-,24?,28+,29+,37-/m1/s1. The Morgan fingerprint density at radius 1 is 1.09 bits per heavy atom. The molecule has 298 valence electrons. The number of alkyl carbamates (subject to hydrolysis) is 1. The highest BCUT2D eigenvalue weighted by atomic mass is 32.2. The number of nitrogens with one attached hydrogen (secondary N) is 3. The van der Waals surface area contributed by atoms with Crippen LogP contribution < -0.4 is 15.4 Å². The van der Waals surface area contributed by atoms with E-state index in [0.717, 1.165) is 11.0 Å². The third kappa shape index (κ3) is 8.95. The fourth-order valence-corrected chi connectivity index (χ4v) is 8.57. The maximum absolute atomic E-state index is 14.6. The van der Waals surface area contributed by atoms with Crippen molar-refractivity contribution in [3.05, 3.63) is 60.0 Å². The van der Waals surface area contributed by atoms with Crippen LogP contribution in [-0.2, 0) is 51.8 Å². The number of nitrogens with zero attached hydrogens (tertiary/aromatic N) is 3. The van der Waals surface area contributed by atoms with Gasteiger partial charge in [-0.2, -0.15) is 0 Å². The smallest absolute Gasteiger partial charge is 0.410 e. The van der Waals surface area contributed by atoms with Gasteiger partial charge in [0.25, 0.3) is 5.91 Å². The number of hydrogen-bond acceptors (Lipinski definition) is 10. The average molecular weight is 787 g/mol. The number of carbonyl (C=O) groups is 6. The molecule has 0 aromatic heterocycles. The van der Waals surface area contributed by atoms with E-state index in [1.165, 1.54) is 21.9 Å². The van der Waals surface area contributed by atoms with Gasteiger partial charge in [0.05, 0.1) is 24.9 Å². The van der Waals surface area contributed by atoms with Gasteiger partial charge in [-0.1, -0.05) is 30.9 Å². The summed E-state index contributed by atoms with van der Waals surface area (Å²) >= 11 is 0. The lowest BCUT2D eigenvalue weighted by Crippen LogP contribution is -2.60. The summed E-state index contributed by atoms with van der Waals surface area (Å²) in [6.07, 6.45) is 3.24. The lowest BCUT2D eigenvalue weighted by Gasteiger charge is -2.32. The Hall–Kier alpha value is -5.00. The lowest BCUT2D eigenvalue weighted by molar-refractivity contribution is -0.142. The number of sulfonamides is 1. The van der Waals surface area contributed by atoms with Crippen LogP contribution in [0.15, 0.2) is 43.0 Å². The zero-order valence-electron chi connectivity index (χ0n) is 31.0. The molecule has 2 saturated carbocycles. The Bertz CT molecular complexity index is 1910. The van der Waals surface area contributed by atoms with Crippen molar-refractivity contribution in [3.63, 3.8) is 0 Å². The minimum Gasteiger partial charge on any atom is -0.444 e. The van der Waals surface area contributed by atoms with Crippen LogP contribution in [0, 0.1) is 11.7 Å². The molecule has 16 nitrogen and oxygen atoms in total. The van der Waals surface area contributed by atoms with Gasteiger partial charge in [0, 0.05) is 31.0 Å². The van der Waals surface area contributed by atoms with Crippen molar-refractivity contribution in [1.82, 2.24) is 30.1 Å². The summed E-state index contributed by atoms with van der Waals surface area (Å²) in [4.78, 5) is 85.8. The number of halogens is 1. The molecule has 5 aliphatic rings. The molecule has 3 heterocycles. The molecule has 2 aliphatic carbocycles. The maximum atomic E-state index is 14.6. The molecule has 55 heavy (non-hydrogen) atoms. The summed E-state index contributed by atoms with van der Waals surface area (Å²) in [7, 11) is -3.98. The zero-order valence-corrected chi connectivity index (χ0v) is 31.9. The quantitative estimate of drug-likeness (QED) is 0.283. The first-order valence-corrected chi connectivity index (χ1v) is 19.9. The van der Waals surface area contributed by atoms with Crippen molar-refractivity contribution in [2.45, 2.75) is 107 Å². The number of allylic oxidation sites excluding steroid dienone is 1. The van der Waals surface area contributed by atoms with E-state index in [9.17, 15) is 41.6 Å². The number of fused-ring (bicyclic) bond motifs is 3. The van der Waals surface area contributed by atoms with Crippen LogP contribution in [0.4, 0.5) is 14.0 Å². The first-order valence-electron chi connectivity index (χ1n) is 18.4. The Morgan fingerprint density at radius 3 is 2.51 bits per heavy atom. The van der Waals surface area contributed by atoms with Crippen molar-refractivity contribution >= 4 is 45.8 Å². The summed E-state index contributed by atoms with van der Waals surface area (Å²) in [6.45, 7) is 7.99. The van der Waals surface area contributed by atoms with Gasteiger partial charge in [-0.3, -0.25) is 28.8 Å². The molecular weight excluding hydrogens is 740 g/mol. The molecule has 6 rings (SSSR count). The summed E-state index contributed by atoms with van der Waals surface area (Å²) in [5.41, 5.74) is -1.64. The largest absolute Gasteiger partial charge is 0.444 e. The van der Waals surface area contributed by atoms with Crippen LogP contribution in [0.25, 0.3) is 0 Å². The van der Waals surface area contributed by atoms with Crippen LogP contribution in [0.5, 0.6) is 0 Å². The van der Waals surface area contributed by atoms with Gasteiger partial charge in [0.1, 0.15) is 35.1 Å². The van der Waals surface area contributed by atoms with Gasteiger partial charge in [-0.05, 0) is 70.6 Å². The predicted molar refractivity (Wildman–Crippen MR) is 193 cm³/mol. The molecule has 3 N–H and O–H groups in total. The minimum absolute atomic E-state index is 0.0501. The first kappa shape index (κ1) is 39.7. The summed E-state index contributed by atoms with van der Waals surface area (Å²) < 4.78 is 53.5. The highest BCUT2D eigenvalue weighted by Gasteiger charge is 2.62. The minimum atomic E-state index is -3.98. The van der Waals surface area contributed by atoms with Gasteiger partial charge >= 0.3 is 12.2 Å². The fraction of sp³-hybridized carbons (Fsp3) is 0.568. The van der Waals surface area contributed by atoms with E-state index in [2.05, 4.69) is 21.9 Å². The molecule has 6 amide bonds. The first-order chi connectivity index (χ1) is 25.9. The van der Waals surface area contributed by atoms with Crippen molar-refractivity contribution in [2.24, 2.45) is 5.92 Å².